The third-order valence-electron chi connectivity index (χ3n) is 2.29. The molecule has 0 radical (unpaired) electrons. The number of hydrogen-bond donors (Lipinski definition) is 0. The lowest BCUT2D eigenvalue weighted by Crippen LogP contribution is -2.24. The van der Waals surface area contributed by atoms with Gasteiger partial charge in [-0.2, -0.15) is 0 Å². The summed E-state index contributed by atoms with van der Waals surface area (Å²) in [4.78, 5) is 16.4. The van der Waals surface area contributed by atoms with Crippen molar-refractivity contribution in [1.82, 2.24) is 4.98 Å². The highest BCUT2D eigenvalue weighted by Crippen LogP contribution is 2.14. The molecule has 3 heteroatoms. The number of aromatic nitrogens is 1. The van der Waals surface area contributed by atoms with Gasteiger partial charge in [0.15, 0.2) is 0 Å². The van der Waals surface area contributed by atoms with E-state index in [1.54, 1.807) is 0 Å². The Morgan fingerprint density at radius 3 is 2.00 bits per heavy atom. The molecule has 0 amide bonds. The molecule has 17 heavy (non-hydrogen) atoms. The third-order valence-corrected chi connectivity index (χ3v) is 2.29. The van der Waals surface area contributed by atoms with Gasteiger partial charge < -0.3 is 4.74 Å². The molecule has 0 unspecified atom stereocenters. The second-order valence-electron chi connectivity index (χ2n) is 5.05. The summed E-state index contributed by atoms with van der Waals surface area (Å²) in [5.74, 6) is -0.274. The lowest BCUT2D eigenvalue weighted by molar-refractivity contribution is 0.00691. The summed E-state index contributed by atoms with van der Waals surface area (Å²) in [6.45, 7) is 9.66. The fourth-order valence-corrected chi connectivity index (χ4v) is 1.47. The molecule has 0 N–H and O–H groups in total. The van der Waals surface area contributed by atoms with Crippen molar-refractivity contribution < 1.29 is 9.53 Å². The van der Waals surface area contributed by atoms with Gasteiger partial charge in [-0.25, -0.2) is 4.79 Å². The van der Waals surface area contributed by atoms with Gasteiger partial charge in [0, 0.05) is 11.4 Å². The molecule has 0 atom stereocenters. The molecule has 1 aromatic heterocycles. The first-order valence-corrected chi connectivity index (χ1v) is 6.09. The van der Waals surface area contributed by atoms with Crippen LogP contribution in [0, 0.1) is 0 Å². The number of hydrogen-bond acceptors (Lipinski definition) is 3. The van der Waals surface area contributed by atoms with E-state index in [0.29, 0.717) is 5.56 Å². The van der Waals surface area contributed by atoms with Crippen molar-refractivity contribution >= 4 is 5.97 Å². The van der Waals surface area contributed by atoms with Crippen LogP contribution in [0.4, 0.5) is 0 Å². The minimum absolute atomic E-state index is 0.274. The van der Waals surface area contributed by atoms with Gasteiger partial charge in [0.1, 0.15) is 5.60 Å². The number of nitrogens with zero attached hydrogens (tertiary/aromatic N) is 1. The molecule has 0 fully saturated rings. The van der Waals surface area contributed by atoms with Crippen molar-refractivity contribution in [2.75, 3.05) is 0 Å². The predicted molar refractivity (Wildman–Crippen MR) is 68.2 cm³/mol. The first-order valence-electron chi connectivity index (χ1n) is 6.09. The Kier molecular flexibility index (Phi) is 4.27. The van der Waals surface area contributed by atoms with E-state index in [1.165, 1.54) is 0 Å². The van der Waals surface area contributed by atoms with Crippen LogP contribution in [0.15, 0.2) is 12.1 Å². The summed E-state index contributed by atoms with van der Waals surface area (Å²) in [6.07, 6.45) is 1.65. The van der Waals surface area contributed by atoms with Crippen LogP contribution in [0.1, 0.15) is 56.4 Å². The van der Waals surface area contributed by atoms with E-state index in [2.05, 4.69) is 4.98 Å². The third kappa shape index (κ3) is 4.17. The SMILES string of the molecule is CCc1cc(C(=O)OC(C)(C)C)cc(CC)n1. The lowest BCUT2D eigenvalue weighted by Gasteiger charge is -2.19. The van der Waals surface area contributed by atoms with Gasteiger partial charge in [-0.05, 0) is 45.7 Å². The first-order chi connectivity index (χ1) is 7.85. The summed E-state index contributed by atoms with van der Waals surface area (Å²) < 4.78 is 5.36. The van der Waals surface area contributed by atoms with E-state index in [1.807, 2.05) is 46.8 Å². The molecule has 0 aliphatic heterocycles. The molecule has 94 valence electrons. The van der Waals surface area contributed by atoms with Crippen LogP contribution < -0.4 is 0 Å². The molecule has 1 heterocycles. The summed E-state index contributed by atoms with van der Waals surface area (Å²) in [5.41, 5.74) is 2.01. The van der Waals surface area contributed by atoms with Gasteiger partial charge in [-0.15, -0.1) is 0 Å². The van der Waals surface area contributed by atoms with Gasteiger partial charge >= 0.3 is 5.97 Å². The summed E-state index contributed by atoms with van der Waals surface area (Å²) in [7, 11) is 0. The fraction of sp³-hybridized carbons (Fsp3) is 0.571. The number of ether oxygens (including phenoxy) is 1. The number of esters is 1. The molecule has 0 aliphatic rings. The summed E-state index contributed by atoms with van der Waals surface area (Å²) >= 11 is 0. The Balaban J connectivity index is 3.00. The van der Waals surface area contributed by atoms with E-state index in [9.17, 15) is 4.79 Å². The number of aryl methyl sites for hydroxylation is 2. The van der Waals surface area contributed by atoms with Crippen molar-refractivity contribution in [3.8, 4) is 0 Å². The van der Waals surface area contributed by atoms with Crippen LogP contribution in [-0.4, -0.2) is 16.6 Å². The second-order valence-corrected chi connectivity index (χ2v) is 5.05. The van der Waals surface area contributed by atoms with Crippen LogP contribution in [0.3, 0.4) is 0 Å². The van der Waals surface area contributed by atoms with Crippen molar-refractivity contribution in [2.45, 2.75) is 53.1 Å². The minimum atomic E-state index is -0.459. The Labute approximate surface area is 103 Å². The maximum absolute atomic E-state index is 11.9. The minimum Gasteiger partial charge on any atom is -0.456 e. The maximum atomic E-state index is 11.9. The average Bonchev–Trinajstić information content (AvgIpc) is 2.26. The zero-order valence-corrected chi connectivity index (χ0v) is 11.3. The molecule has 0 saturated heterocycles. The standard InChI is InChI=1S/C14H21NO2/c1-6-11-8-10(9-12(7-2)15-11)13(16)17-14(3,4)5/h8-9H,6-7H2,1-5H3. The molecular weight excluding hydrogens is 214 g/mol. The summed E-state index contributed by atoms with van der Waals surface area (Å²) in [5, 5.41) is 0. The van der Waals surface area contributed by atoms with Gasteiger partial charge in [0.2, 0.25) is 0 Å². The van der Waals surface area contributed by atoms with Crippen molar-refractivity contribution in [2.24, 2.45) is 0 Å². The molecule has 0 spiro atoms. The van der Waals surface area contributed by atoms with Crippen LogP contribution in [0.25, 0.3) is 0 Å². The Morgan fingerprint density at radius 1 is 1.18 bits per heavy atom. The van der Waals surface area contributed by atoms with E-state index in [4.69, 9.17) is 4.74 Å². The maximum Gasteiger partial charge on any atom is 0.338 e. The largest absolute Gasteiger partial charge is 0.456 e. The molecule has 0 saturated carbocycles. The monoisotopic (exact) mass is 235 g/mol. The van der Waals surface area contributed by atoms with E-state index in [0.717, 1.165) is 24.2 Å². The fourth-order valence-electron chi connectivity index (χ4n) is 1.47. The smallest absolute Gasteiger partial charge is 0.338 e. The molecule has 1 aromatic rings. The van der Waals surface area contributed by atoms with Crippen LogP contribution in [0.2, 0.25) is 0 Å². The molecule has 1 rings (SSSR count). The van der Waals surface area contributed by atoms with Crippen LogP contribution in [0.5, 0.6) is 0 Å². The highest BCUT2D eigenvalue weighted by Gasteiger charge is 2.18. The van der Waals surface area contributed by atoms with Crippen LogP contribution in [-0.2, 0) is 17.6 Å². The zero-order valence-electron chi connectivity index (χ0n) is 11.3. The van der Waals surface area contributed by atoms with Crippen molar-refractivity contribution in [1.29, 1.82) is 0 Å². The topological polar surface area (TPSA) is 39.2 Å². The van der Waals surface area contributed by atoms with Crippen molar-refractivity contribution in [3.63, 3.8) is 0 Å². The predicted octanol–water partition coefficient (Wildman–Crippen LogP) is 3.16. The van der Waals surface area contributed by atoms with E-state index >= 15 is 0 Å². The molecule has 3 nitrogen and oxygen atoms in total. The Morgan fingerprint density at radius 2 is 1.65 bits per heavy atom. The van der Waals surface area contributed by atoms with E-state index < -0.39 is 5.60 Å². The highest BCUT2D eigenvalue weighted by atomic mass is 16.6. The van der Waals surface area contributed by atoms with Gasteiger partial charge in [-0.3, -0.25) is 4.98 Å². The van der Waals surface area contributed by atoms with Gasteiger partial charge in [0.25, 0.3) is 0 Å². The van der Waals surface area contributed by atoms with E-state index in [-0.39, 0.29) is 5.97 Å². The number of carbonyl (C=O) groups is 1. The van der Waals surface area contributed by atoms with Gasteiger partial charge in [0.05, 0.1) is 5.56 Å². The van der Waals surface area contributed by atoms with Crippen LogP contribution >= 0.6 is 0 Å². The molecule has 0 aliphatic carbocycles. The zero-order chi connectivity index (χ0) is 13.1. The molecule has 0 aromatic carbocycles. The number of rotatable bonds is 3. The molecular formula is C14H21NO2. The van der Waals surface area contributed by atoms with Gasteiger partial charge in [-0.1, -0.05) is 13.8 Å². The first kappa shape index (κ1) is 13.7. The summed E-state index contributed by atoms with van der Waals surface area (Å²) in [6, 6.07) is 3.63. The Hall–Kier alpha value is -1.38. The molecule has 0 bridgehead atoms. The normalized spacial score (nSPS) is 11.4. The Bertz CT molecular complexity index is 383. The van der Waals surface area contributed by atoms with Crippen molar-refractivity contribution in [3.05, 3.63) is 29.1 Å². The average molecular weight is 235 g/mol. The number of pyridine rings is 1. The lowest BCUT2D eigenvalue weighted by atomic mass is 10.1. The quantitative estimate of drug-likeness (QED) is 0.755. The highest BCUT2D eigenvalue weighted by molar-refractivity contribution is 5.89. The number of carbonyl (C=O) groups excluding carboxylic acids is 1. The second kappa shape index (κ2) is 5.30.